The summed E-state index contributed by atoms with van der Waals surface area (Å²) >= 11 is 0. The van der Waals surface area contributed by atoms with E-state index in [1.807, 2.05) is 18.2 Å². The molecule has 1 saturated heterocycles. The molecule has 8 nitrogen and oxygen atoms in total. The lowest BCUT2D eigenvalue weighted by atomic mass is 9.90. The van der Waals surface area contributed by atoms with Crippen molar-refractivity contribution in [1.82, 2.24) is 9.21 Å². The van der Waals surface area contributed by atoms with Crippen molar-refractivity contribution < 1.29 is 22.7 Å². The minimum absolute atomic E-state index is 0.0211. The van der Waals surface area contributed by atoms with Gasteiger partial charge in [-0.3, -0.25) is 0 Å². The number of carbonyl (C=O) groups is 1. The van der Waals surface area contributed by atoms with E-state index in [0.717, 1.165) is 5.56 Å². The number of likely N-dealkylation sites (tertiary alicyclic amines) is 1. The van der Waals surface area contributed by atoms with Gasteiger partial charge in [0.15, 0.2) is 0 Å². The molecule has 0 saturated carbocycles. The molecule has 0 radical (unpaired) electrons. The number of methoxy groups -OCH3 is 1. The first-order chi connectivity index (χ1) is 15.2. The van der Waals surface area contributed by atoms with E-state index in [0.29, 0.717) is 11.3 Å². The maximum Gasteiger partial charge on any atom is 0.410 e. The third-order valence-corrected chi connectivity index (χ3v) is 7.95. The van der Waals surface area contributed by atoms with Crippen LogP contribution in [0.25, 0.3) is 0 Å². The third kappa shape index (κ3) is 4.79. The first kappa shape index (κ1) is 23.8. The van der Waals surface area contributed by atoms with Crippen LogP contribution in [0.15, 0.2) is 67.3 Å². The van der Waals surface area contributed by atoms with Gasteiger partial charge in [0.2, 0.25) is 10.0 Å². The summed E-state index contributed by atoms with van der Waals surface area (Å²) in [5, 5.41) is -1.04. The van der Waals surface area contributed by atoms with Crippen molar-refractivity contribution in [3.63, 3.8) is 0 Å². The van der Waals surface area contributed by atoms with E-state index < -0.39 is 26.9 Å². The Morgan fingerprint density at radius 3 is 2.50 bits per heavy atom. The largest absolute Gasteiger partial charge is 0.497 e. The van der Waals surface area contributed by atoms with Crippen molar-refractivity contribution in [3.8, 4) is 5.75 Å². The standard InChI is InChI=1S/C23H29N3O5S/c1-4-14-31-22(27)26-16-21(23(24,17-26)19-8-6-5-7-9-19)32(28,29)25(2)15-18-10-12-20(30-3)13-11-18/h4-13,21H,1,14-17,24H2,2-3H3. The second kappa shape index (κ2) is 9.72. The zero-order valence-corrected chi connectivity index (χ0v) is 19.1. The van der Waals surface area contributed by atoms with Crippen LogP contribution in [0.5, 0.6) is 5.75 Å². The lowest BCUT2D eigenvalue weighted by Gasteiger charge is -2.33. The fourth-order valence-electron chi connectivity index (χ4n) is 3.89. The maximum absolute atomic E-state index is 13.7. The number of hydrogen-bond acceptors (Lipinski definition) is 6. The van der Waals surface area contributed by atoms with E-state index in [9.17, 15) is 13.2 Å². The van der Waals surface area contributed by atoms with Gasteiger partial charge < -0.3 is 20.1 Å². The number of hydrogen-bond donors (Lipinski definition) is 1. The van der Waals surface area contributed by atoms with E-state index in [-0.39, 0.29) is 26.2 Å². The first-order valence-corrected chi connectivity index (χ1v) is 11.7. The van der Waals surface area contributed by atoms with Crippen molar-refractivity contribution in [2.75, 3.05) is 33.9 Å². The second-order valence-corrected chi connectivity index (χ2v) is 10.0. The molecule has 0 bridgehead atoms. The number of carbonyl (C=O) groups excluding carboxylic acids is 1. The van der Waals surface area contributed by atoms with Crippen LogP contribution in [0.3, 0.4) is 0 Å². The molecule has 3 rings (SSSR count). The van der Waals surface area contributed by atoms with Gasteiger partial charge in [-0.2, -0.15) is 0 Å². The number of sulfonamides is 1. The Balaban J connectivity index is 1.90. The molecule has 2 atom stereocenters. The Morgan fingerprint density at radius 2 is 1.91 bits per heavy atom. The van der Waals surface area contributed by atoms with E-state index in [1.54, 1.807) is 43.5 Å². The Bertz CT molecular complexity index is 1040. The predicted molar refractivity (Wildman–Crippen MR) is 123 cm³/mol. The average Bonchev–Trinajstić information content (AvgIpc) is 3.18. The number of nitrogens with zero attached hydrogens (tertiary/aromatic N) is 2. The minimum atomic E-state index is -3.89. The SMILES string of the molecule is C=CCOC(=O)N1CC(S(=O)(=O)N(C)Cc2ccc(OC)cc2)C(N)(c2ccccc2)C1. The topological polar surface area (TPSA) is 102 Å². The maximum atomic E-state index is 13.7. The molecule has 1 aliphatic heterocycles. The van der Waals surface area contributed by atoms with Gasteiger partial charge in [-0.1, -0.05) is 55.1 Å². The van der Waals surface area contributed by atoms with Crippen molar-refractivity contribution in [1.29, 1.82) is 0 Å². The van der Waals surface area contributed by atoms with Crippen LogP contribution in [0, 0.1) is 0 Å². The molecule has 0 aliphatic carbocycles. The highest BCUT2D eigenvalue weighted by Gasteiger charge is 2.54. The van der Waals surface area contributed by atoms with Crippen molar-refractivity contribution in [3.05, 3.63) is 78.4 Å². The van der Waals surface area contributed by atoms with Crippen LogP contribution in [-0.4, -0.2) is 62.8 Å². The molecule has 1 heterocycles. The van der Waals surface area contributed by atoms with Crippen LogP contribution in [0.1, 0.15) is 11.1 Å². The van der Waals surface area contributed by atoms with E-state index in [4.69, 9.17) is 15.2 Å². The molecule has 1 fully saturated rings. The molecule has 1 amide bonds. The number of amides is 1. The number of nitrogens with two attached hydrogens (primary N) is 1. The normalized spacial score (nSPS) is 20.9. The third-order valence-electron chi connectivity index (χ3n) is 5.67. The quantitative estimate of drug-likeness (QED) is 0.608. The van der Waals surface area contributed by atoms with Gasteiger partial charge >= 0.3 is 6.09 Å². The van der Waals surface area contributed by atoms with Crippen molar-refractivity contribution >= 4 is 16.1 Å². The summed E-state index contributed by atoms with van der Waals surface area (Å²) in [6.07, 6.45) is 0.837. The van der Waals surface area contributed by atoms with Gasteiger partial charge in [-0.15, -0.1) is 0 Å². The highest BCUT2D eigenvalue weighted by atomic mass is 32.2. The summed E-state index contributed by atoms with van der Waals surface area (Å²) in [5.41, 5.74) is 6.90. The van der Waals surface area contributed by atoms with Crippen molar-refractivity contribution in [2.24, 2.45) is 5.73 Å². The molecular weight excluding hydrogens is 430 g/mol. The summed E-state index contributed by atoms with van der Waals surface area (Å²) in [7, 11) is -0.799. The van der Waals surface area contributed by atoms with Gasteiger partial charge in [0.05, 0.1) is 12.6 Å². The Kier molecular flexibility index (Phi) is 7.22. The highest BCUT2D eigenvalue weighted by molar-refractivity contribution is 7.89. The molecule has 2 aromatic carbocycles. The van der Waals surface area contributed by atoms with Gasteiger partial charge in [0.25, 0.3) is 0 Å². The Labute approximate surface area is 189 Å². The molecule has 2 N–H and O–H groups in total. The van der Waals surface area contributed by atoms with Gasteiger partial charge in [-0.05, 0) is 23.3 Å². The summed E-state index contributed by atoms with van der Waals surface area (Å²) < 4.78 is 38.9. The lowest BCUT2D eigenvalue weighted by molar-refractivity contribution is 0.119. The van der Waals surface area contributed by atoms with Crippen molar-refractivity contribution in [2.45, 2.75) is 17.3 Å². The van der Waals surface area contributed by atoms with Crippen LogP contribution >= 0.6 is 0 Å². The lowest BCUT2D eigenvalue weighted by Crippen LogP contribution is -2.54. The zero-order valence-electron chi connectivity index (χ0n) is 18.3. The molecule has 32 heavy (non-hydrogen) atoms. The molecule has 0 spiro atoms. The van der Waals surface area contributed by atoms with Crippen LogP contribution in [0.2, 0.25) is 0 Å². The fraction of sp³-hybridized carbons (Fsp3) is 0.348. The molecule has 172 valence electrons. The molecule has 2 unspecified atom stereocenters. The molecule has 2 aromatic rings. The molecule has 9 heteroatoms. The number of ether oxygens (including phenoxy) is 2. The van der Waals surface area contributed by atoms with E-state index in [2.05, 4.69) is 6.58 Å². The first-order valence-electron chi connectivity index (χ1n) is 10.2. The number of rotatable bonds is 8. The molecular formula is C23H29N3O5S. The van der Waals surface area contributed by atoms with E-state index in [1.165, 1.54) is 22.3 Å². The fourth-order valence-corrected chi connectivity index (χ4v) is 5.76. The zero-order chi connectivity index (χ0) is 23.4. The second-order valence-electron chi connectivity index (χ2n) is 7.79. The van der Waals surface area contributed by atoms with Crippen LogP contribution in [0.4, 0.5) is 4.79 Å². The predicted octanol–water partition coefficient (Wildman–Crippen LogP) is 2.32. The average molecular weight is 460 g/mol. The Hall–Kier alpha value is -2.88. The number of benzene rings is 2. The van der Waals surface area contributed by atoms with Gasteiger partial charge in [0, 0.05) is 26.7 Å². The minimum Gasteiger partial charge on any atom is -0.497 e. The summed E-state index contributed by atoms with van der Waals surface area (Å²) in [6, 6.07) is 16.2. The van der Waals surface area contributed by atoms with Crippen LogP contribution in [-0.2, 0) is 26.8 Å². The summed E-state index contributed by atoms with van der Waals surface area (Å²) in [5.74, 6) is 0.689. The summed E-state index contributed by atoms with van der Waals surface area (Å²) in [6.45, 7) is 3.68. The highest BCUT2D eigenvalue weighted by Crippen LogP contribution is 2.36. The molecule has 0 aromatic heterocycles. The smallest absolute Gasteiger partial charge is 0.410 e. The van der Waals surface area contributed by atoms with Gasteiger partial charge in [0.1, 0.15) is 17.6 Å². The molecule has 1 aliphatic rings. The Morgan fingerprint density at radius 1 is 1.25 bits per heavy atom. The van der Waals surface area contributed by atoms with Gasteiger partial charge in [-0.25, -0.2) is 17.5 Å². The monoisotopic (exact) mass is 459 g/mol. The summed E-state index contributed by atoms with van der Waals surface area (Å²) in [4.78, 5) is 13.8. The van der Waals surface area contributed by atoms with Crippen LogP contribution < -0.4 is 10.5 Å². The van der Waals surface area contributed by atoms with E-state index >= 15 is 0 Å².